The number of rotatable bonds is 6. The smallest absolute Gasteiger partial charge is 0.176 e. The predicted molar refractivity (Wildman–Crippen MR) is 129 cm³/mol. The molecule has 0 amide bonds. The van der Waals surface area contributed by atoms with E-state index in [4.69, 9.17) is 15.3 Å². The van der Waals surface area contributed by atoms with Crippen LogP contribution in [0, 0.1) is 22.7 Å². The standard InChI is InChI=1S/C25H37N5O2/c1-18(2)20-10-19(8-7-9-30-14-24(3,4)15-30)11-28-23(20)21(29-26)12-27-13-22-31-16-25(5,6)17-32-22/h10-12,18,22H,9,13-17,26H2,1-6H3/b27-12?,29-21+. The number of hydrogen-bond donors (Lipinski definition) is 1. The Kier molecular flexibility index (Phi) is 7.71. The number of nitrogens with two attached hydrogens (primary N) is 1. The molecule has 1 aromatic heterocycles. The van der Waals surface area contributed by atoms with Gasteiger partial charge in [0.15, 0.2) is 6.29 Å². The van der Waals surface area contributed by atoms with Gasteiger partial charge in [-0.15, -0.1) is 0 Å². The van der Waals surface area contributed by atoms with Crippen molar-refractivity contribution in [2.24, 2.45) is 26.8 Å². The van der Waals surface area contributed by atoms with E-state index in [2.05, 4.69) is 79.4 Å². The minimum Gasteiger partial charge on any atom is -0.350 e. The average Bonchev–Trinajstić information content (AvgIpc) is 2.71. The highest BCUT2D eigenvalue weighted by molar-refractivity contribution is 6.37. The van der Waals surface area contributed by atoms with Crippen LogP contribution in [0.15, 0.2) is 22.4 Å². The van der Waals surface area contributed by atoms with E-state index in [0.717, 1.165) is 36.5 Å². The molecule has 3 rings (SSSR count). The molecule has 1 aromatic rings. The van der Waals surface area contributed by atoms with Crippen LogP contribution in [0.25, 0.3) is 0 Å². The highest BCUT2D eigenvalue weighted by Gasteiger charge is 2.33. The summed E-state index contributed by atoms with van der Waals surface area (Å²) in [6.07, 6.45) is 3.09. The summed E-state index contributed by atoms with van der Waals surface area (Å²) >= 11 is 0. The van der Waals surface area contributed by atoms with Crippen LogP contribution in [0.3, 0.4) is 0 Å². The third-order valence-electron chi connectivity index (χ3n) is 5.55. The molecule has 2 fully saturated rings. The second-order valence-corrected chi connectivity index (χ2v) is 10.7. The maximum atomic E-state index is 5.73. The van der Waals surface area contributed by atoms with Crippen LogP contribution in [0.5, 0.6) is 0 Å². The number of aliphatic imine (C=N–C) groups is 1. The first-order chi connectivity index (χ1) is 15.1. The molecule has 0 unspecified atom stereocenters. The molecule has 174 valence electrons. The molecule has 0 radical (unpaired) electrons. The Bertz CT molecular complexity index is 906. The van der Waals surface area contributed by atoms with Crippen molar-refractivity contribution in [3.8, 4) is 11.8 Å². The molecule has 0 bridgehead atoms. The lowest BCUT2D eigenvalue weighted by Crippen LogP contribution is -2.52. The lowest BCUT2D eigenvalue weighted by atomic mass is 9.84. The van der Waals surface area contributed by atoms with Crippen LogP contribution >= 0.6 is 0 Å². The van der Waals surface area contributed by atoms with E-state index in [1.807, 2.05) is 0 Å². The molecule has 0 aliphatic carbocycles. The monoisotopic (exact) mass is 439 g/mol. The number of pyridine rings is 1. The second-order valence-electron chi connectivity index (χ2n) is 10.7. The molecule has 2 saturated heterocycles. The molecular weight excluding hydrogens is 402 g/mol. The van der Waals surface area contributed by atoms with Gasteiger partial charge >= 0.3 is 0 Å². The summed E-state index contributed by atoms with van der Waals surface area (Å²) in [5, 5.41) is 3.93. The van der Waals surface area contributed by atoms with Crippen molar-refractivity contribution < 1.29 is 9.47 Å². The Morgan fingerprint density at radius 1 is 1.25 bits per heavy atom. The van der Waals surface area contributed by atoms with Crippen molar-refractivity contribution in [3.05, 3.63) is 29.1 Å². The number of ether oxygens (including phenoxy) is 2. The van der Waals surface area contributed by atoms with E-state index in [-0.39, 0.29) is 17.6 Å². The van der Waals surface area contributed by atoms with Gasteiger partial charge in [0.25, 0.3) is 0 Å². The molecule has 0 aromatic carbocycles. The van der Waals surface area contributed by atoms with Gasteiger partial charge < -0.3 is 15.3 Å². The van der Waals surface area contributed by atoms with E-state index in [1.165, 1.54) is 0 Å². The van der Waals surface area contributed by atoms with Crippen molar-refractivity contribution >= 4 is 11.9 Å². The van der Waals surface area contributed by atoms with Crippen molar-refractivity contribution in [2.75, 3.05) is 39.4 Å². The second kappa shape index (κ2) is 10.1. The lowest BCUT2D eigenvalue weighted by Gasteiger charge is -2.44. The maximum absolute atomic E-state index is 5.73. The maximum Gasteiger partial charge on any atom is 0.176 e. The summed E-state index contributed by atoms with van der Waals surface area (Å²) in [6, 6.07) is 2.08. The third kappa shape index (κ3) is 6.61. The summed E-state index contributed by atoms with van der Waals surface area (Å²) in [5.41, 5.74) is 3.67. The fourth-order valence-corrected chi connectivity index (χ4v) is 3.95. The number of nitrogens with zero attached hydrogens (tertiary/aromatic N) is 4. The fraction of sp³-hybridized carbons (Fsp3) is 0.640. The molecular formula is C25H37N5O2. The van der Waals surface area contributed by atoms with Gasteiger partial charge in [0, 0.05) is 30.3 Å². The molecule has 2 N–H and O–H groups in total. The van der Waals surface area contributed by atoms with E-state index in [9.17, 15) is 0 Å². The van der Waals surface area contributed by atoms with E-state index >= 15 is 0 Å². The summed E-state index contributed by atoms with van der Waals surface area (Å²) in [6.45, 7) is 17.7. The molecule has 0 saturated carbocycles. The van der Waals surface area contributed by atoms with Crippen LogP contribution in [-0.4, -0.2) is 67.5 Å². The first kappa shape index (κ1) is 24.4. The Morgan fingerprint density at radius 2 is 1.94 bits per heavy atom. The molecule has 2 aliphatic heterocycles. The first-order valence-electron chi connectivity index (χ1n) is 11.3. The summed E-state index contributed by atoms with van der Waals surface area (Å²) in [4.78, 5) is 11.4. The van der Waals surface area contributed by atoms with Gasteiger partial charge in [0.1, 0.15) is 5.71 Å². The molecule has 0 atom stereocenters. The lowest BCUT2D eigenvalue weighted by molar-refractivity contribution is -0.215. The van der Waals surface area contributed by atoms with E-state index < -0.39 is 0 Å². The zero-order valence-corrected chi connectivity index (χ0v) is 20.3. The summed E-state index contributed by atoms with van der Waals surface area (Å²) in [7, 11) is 0. The Balaban J connectivity index is 1.65. The van der Waals surface area contributed by atoms with Crippen LogP contribution < -0.4 is 5.84 Å². The van der Waals surface area contributed by atoms with Gasteiger partial charge in [-0.05, 0) is 23.0 Å². The topological polar surface area (TPSA) is 85.3 Å². The van der Waals surface area contributed by atoms with Gasteiger partial charge in [-0.2, -0.15) is 5.10 Å². The molecule has 2 aliphatic rings. The van der Waals surface area contributed by atoms with Gasteiger partial charge in [-0.25, -0.2) is 0 Å². The molecule has 7 nitrogen and oxygen atoms in total. The van der Waals surface area contributed by atoms with Gasteiger partial charge in [0.05, 0.1) is 38.2 Å². The Hall–Kier alpha value is -2.27. The minimum atomic E-state index is -0.342. The number of hydrogen-bond acceptors (Lipinski definition) is 7. The molecule has 3 heterocycles. The highest BCUT2D eigenvalue weighted by atomic mass is 16.7. The molecule has 32 heavy (non-hydrogen) atoms. The van der Waals surface area contributed by atoms with Gasteiger partial charge in [-0.3, -0.25) is 14.9 Å². The first-order valence-corrected chi connectivity index (χ1v) is 11.3. The third-order valence-corrected chi connectivity index (χ3v) is 5.55. The fourth-order valence-electron chi connectivity index (χ4n) is 3.95. The van der Waals surface area contributed by atoms with Crippen molar-refractivity contribution in [2.45, 2.75) is 53.8 Å². The number of likely N-dealkylation sites (tertiary alicyclic amines) is 1. The minimum absolute atomic E-state index is 0.0384. The zero-order chi connectivity index (χ0) is 23.4. The van der Waals surface area contributed by atoms with Crippen LogP contribution in [-0.2, 0) is 9.47 Å². The largest absolute Gasteiger partial charge is 0.350 e. The highest BCUT2D eigenvalue weighted by Crippen LogP contribution is 2.27. The van der Waals surface area contributed by atoms with Crippen molar-refractivity contribution in [3.63, 3.8) is 0 Å². The Labute approximate surface area is 192 Å². The van der Waals surface area contributed by atoms with E-state index in [1.54, 1.807) is 12.4 Å². The van der Waals surface area contributed by atoms with Crippen LogP contribution in [0.1, 0.15) is 64.3 Å². The predicted octanol–water partition coefficient (Wildman–Crippen LogP) is 3.03. The van der Waals surface area contributed by atoms with Gasteiger partial charge in [-0.1, -0.05) is 53.4 Å². The number of hydrazone groups is 1. The average molecular weight is 440 g/mol. The van der Waals surface area contributed by atoms with Crippen molar-refractivity contribution in [1.29, 1.82) is 0 Å². The summed E-state index contributed by atoms with van der Waals surface area (Å²) in [5.74, 6) is 12.5. The number of aromatic nitrogens is 1. The summed E-state index contributed by atoms with van der Waals surface area (Å²) < 4.78 is 11.5. The van der Waals surface area contributed by atoms with Crippen molar-refractivity contribution in [1.82, 2.24) is 9.88 Å². The Morgan fingerprint density at radius 3 is 2.53 bits per heavy atom. The molecule has 0 spiro atoms. The quantitative estimate of drug-likeness (QED) is 0.319. The van der Waals surface area contributed by atoms with Crippen LogP contribution in [0.4, 0.5) is 0 Å². The SMILES string of the molecule is CC(C)c1cc(C#CCN2CC(C)(C)C2)cnc1/C(C=NCC1OCC(C)(C)CO1)=N/N. The normalized spacial score (nSPS) is 21.4. The van der Waals surface area contributed by atoms with E-state index in [0.29, 0.717) is 30.9 Å². The van der Waals surface area contributed by atoms with Crippen LogP contribution in [0.2, 0.25) is 0 Å². The molecule has 7 heteroatoms. The van der Waals surface area contributed by atoms with Gasteiger partial charge in [0.2, 0.25) is 0 Å². The zero-order valence-electron chi connectivity index (χ0n) is 20.3.